The number of ether oxygens (including phenoxy) is 2. The van der Waals surface area contributed by atoms with E-state index in [9.17, 15) is 19.8 Å². The zero-order chi connectivity index (χ0) is 31.6. The predicted octanol–water partition coefficient (Wildman–Crippen LogP) is 4.87. The molecule has 1 heterocycles. The van der Waals surface area contributed by atoms with Crippen LogP contribution < -0.4 is 0 Å². The highest BCUT2D eigenvalue weighted by Gasteiger charge is 2.81. The zero-order valence-electron chi connectivity index (χ0n) is 27.7. The van der Waals surface area contributed by atoms with Crippen LogP contribution in [-0.4, -0.2) is 89.9 Å². The van der Waals surface area contributed by atoms with Gasteiger partial charge in [-0.3, -0.25) is 14.5 Å². The molecule has 0 unspecified atom stereocenters. The molecule has 0 aromatic heterocycles. The summed E-state index contributed by atoms with van der Waals surface area (Å²) in [5, 5.41) is 25.3. The summed E-state index contributed by atoms with van der Waals surface area (Å²) < 4.78 is 19.8. The van der Waals surface area contributed by atoms with Crippen LogP contribution in [-0.2, 0) is 23.5 Å². The summed E-state index contributed by atoms with van der Waals surface area (Å²) in [4.78, 5) is 29.7. The maximum absolute atomic E-state index is 14.5. The van der Waals surface area contributed by atoms with Gasteiger partial charge in [0.2, 0.25) is 0 Å². The molecule has 236 valence electrons. The summed E-state index contributed by atoms with van der Waals surface area (Å²) in [7, 11) is -2.38. The van der Waals surface area contributed by atoms with E-state index in [0.29, 0.717) is 19.5 Å². The number of nitrogens with zero attached hydrogens (tertiary/aromatic N) is 1. The van der Waals surface area contributed by atoms with Crippen LogP contribution in [0, 0.1) is 16.7 Å². The molecule has 0 amide bonds. The molecule has 3 rings (SSSR count). The largest absolute Gasteiger partial charge is 0.455 e. The van der Waals surface area contributed by atoms with Crippen molar-refractivity contribution in [2.45, 2.75) is 142 Å². The maximum atomic E-state index is 14.5. The van der Waals surface area contributed by atoms with E-state index in [0.717, 1.165) is 6.42 Å². The van der Waals surface area contributed by atoms with Gasteiger partial charge in [-0.05, 0) is 63.3 Å². The number of hydrogen-bond acceptors (Lipinski definition) is 8. The maximum Gasteiger partial charge on any atom is 0.320 e. The highest BCUT2D eigenvalue weighted by molar-refractivity contribution is 6.74. The lowest BCUT2D eigenvalue weighted by atomic mass is 9.40. The Bertz CT molecular complexity index is 1040. The number of esters is 1. The molecule has 0 aromatic carbocycles. The molecule has 1 aliphatic heterocycles. The number of Topliss-reactive ketones (excluding diaryl/α,β-unsaturated/α-hetero) is 1. The molecule has 0 bridgehead atoms. The first-order valence-electron chi connectivity index (χ1n) is 15.4. The van der Waals surface area contributed by atoms with E-state index in [1.807, 2.05) is 25.7 Å². The molecular formula is C32H57NO7Si. The first-order valence-corrected chi connectivity index (χ1v) is 18.3. The van der Waals surface area contributed by atoms with E-state index in [2.05, 4.69) is 54.3 Å². The molecule has 3 fully saturated rings. The van der Waals surface area contributed by atoms with Crippen LogP contribution in [0.4, 0.5) is 0 Å². The number of fused-ring (bicyclic) bond motifs is 3. The van der Waals surface area contributed by atoms with Gasteiger partial charge in [0.1, 0.15) is 5.60 Å². The minimum Gasteiger partial charge on any atom is -0.455 e. The number of rotatable bonds is 8. The monoisotopic (exact) mass is 595 g/mol. The van der Waals surface area contributed by atoms with Crippen molar-refractivity contribution >= 4 is 20.1 Å². The third-order valence-corrected chi connectivity index (χ3v) is 15.9. The molecule has 2 saturated carbocycles. The minimum atomic E-state index is -2.38. The van der Waals surface area contributed by atoms with E-state index in [-0.39, 0.29) is 18.0 Å². The second kappa shape index (κ2) is 10.8. The lowest BCUT2D eigenvalue weighted by Gasteiger charge is -2.72. The molecule has 41 heavy (non-hydrogen) atoms. The third kappa shape index (κ3) is 5.20. The van der Waals surface area contributed by atoms with Crippen molar-refractivity contribution in [3.05, 3.63) is 12.7 Å². The van der Waals surface area contributed by atoms with E-state index < -0.39 is 71.9 Å². The number of aliphatic hydroxyl groups is 2. The lowest BCUT2D eigenvalue weighted by Crippen LogP contribution is -2.87. The SMILES string of the molecule is C=C[C@@]1(C)CC(=O)[C@]2(O)[C@@]3(C)[C@@H](O[Si](C)(C)C(C)(C)C)CCC(C)(C)[C@@H]3[C@H](O)[C@H](OC(=O)CN(CC)CC)[C@@]2(C)O1. The Hall–Kier alpha value is -1.10. The fourth-order valence-electron chi connectivity index (χ4n) is 7.98. The summed E-state index contributed by atoms with van der Waals surface area (Å²) in [6.07, 6.45) is -0.219. The van der Waals surface area contributed by atoms with Gasteiger partial charge in [0, 0.05) is 17.8 Å². The van der Waals surface area contributed by atoms with E-state index in [1.165, 1.54) is 0 Å². The molecule has 0 spiro atoms. The van der Waals surface area contributed by atoms with Crippen molar-refractivity contribution in [2.24, 2.45) is 16.7 Å². The minimum absolute atomic E-state index is 0.0276. The van der Waals surface area contributed by atoms with Gasteiger partial charge in [-0.15, -0.1) is 6.58 Å². The molecular weight excluding hydrogens is 538 g/mol. The highest BCUT2D eigenvalue weighted by atomic mass is 28.4. The Labute approximate surface area is 249 Å². The van der Waals surface area contributed by atoms with Gasteiger partial charge in [0.25, 0.3) is 0 Å². The van der Waals surface area contributed by atoms with Crippen molar-refractivity contribution in [2.75, 3.05) is 19.6 Å². The zero-order valence-corrected chi connectivity index (χ0v) is 28.7. The first-order chi connectivity index (χ1) is 18.5. The molecule has 1 saturated heterocycles. The van der Waals surface area contributed by atoms with Crippen LogP contribution >= 0.6 is 0 Å². The normalized spacial score (nSPS) is 41.0. The topological polar surface area (TPSA) is 106 Å². The van der Waals surface area contributed by atoms with Crippen molar-refractivity contribution in [3.8, 4) is 0 Å². The van der Waals surface area contributed by atoms with Gasteiger partial charge in [-0.25, -0.2) is 0 Å². The molecule has 0 radical (unpaired) electrons. The fraction of sp³-hybridized carbons (Fsp3) is 0.875. The van der Waals surface area contributed by atoms with E-state index in [1.54, 1.807) is 19.9 Å². The Morgan fingerprint density at radius 3 is 2.22 bits per heavy atom. The number of likely N-dealkylation sites (N-methyl/N-ethyl adjacent to an activating group) is 1. The average molecular weight is 596 g/mol. The second-order valence-electron chi connectivity index (χ2n) is 15.6. The summed E-state index contributed by atoms with van der Waals surface area (Å²) in [6, 6.07) is 0. The Morgan fingerprint density at radius 2 is 1.73 bits per heavy atom. The Morgan fingerprint density at radius 1 is 1.17 bits per heavy atom. The van der Waals surface area contributed by atoms with Crippen LogP contribution in [0.5, 0.6) is 0 Å². The first kappa shape index (κ1) is 34.4. The van der Waals surface area contributed by atoms with Crippen LogP contribution in [0.3, 0.4) is 0 Å². The molecule has 8 nitrogen and oxygen atoms in total. The van der Waals surface area contributed by atoms with Crippen molar-refractivity contribution in [3.63, 3.8) is 0 Å². The van der Waals surface area contributed by atoms with Crippen LogP contribution in [0.1, 0.15) is 88.5 Å². The summed E-state index contributed by atoms with van der Waals surface area (Å²) in [5.41, 5.74) is -6.74. The molecule has 2 aliphatic carbocycles. The van der Waals surface area contributed by atoms with Gasteiger partial charge in [0.05, 0.1) is 24.4 Å². The van der Waals surface area contributed by atoms with Gasteiger partial charge in [-0.1, -0.05) is 61.5 Å². The molecule has 8 atom stereocenters. The number of ketones is 1. The van der Waals surface area contributed by atoms with Crippen LogP contribution in [0.2, 0.25) is 18.1 Å². The van der Waals surface area contributed by atoms with E-state index >= 15 is 0 Å². The third-order valence-electron chi connectivity index (χ3n) is 11.4. The van der Waals surface area contributed by atoms with Crippen molar-refractivity contribution in [1.82, 2.24) is 4.90 Å². The number of carbonyl (C=O) groups is 2. The molecule has 9 heteroatoms. The van der Waals surface area contributed by atoms with Crippen LogP contribution in [0.15, 0.2) is 12.7 Å². The number of aliphatic hydroxyl groups excluding tert-OH is 1. The Balaban J connectivity index is 2.27. The molecule has 0 aromatic rings. The standard InChI is InChI=1S/C32H57NO7Si/c1-14-29(9)19-21(34)32(37)30(10)22(39-41(12,13)27(4,5)6)17-18-28(7,8)25(30)24(36)26(31(32,11)40-29)38-23(35)20-33(15-2)16-3/h14,22,24-26,36-37H,1,15-20H2,2-13H3/t22-,24-,25-,26-,29-,30-,31+,32-/m0/s1. The highest BCUT2D eigenvalue weighted by Crippen LogP contribution is 2.68. The van der Waals surface area contributed by atoms with Gasteiger partial charge < -0.3 is 24.1 Å². The summed E-state index contributed by atoms with van der Waals surface area (Å²) >= 11 is 0. The fourth-order valence-corrected chi connectivity index (χ4v) is 9.41. The summed E-state index contributed by atoms with van der Waals surface area (Å²) in [5.74, 6) is -1.56. The molecule has 3 aliphatic rings. The van der Waals surface area contributed by atoms with Crippen LogP contribution in [0.25, 0.3) is 0 Å². The Kier molecular flexibility index (Phi) is 9.06. The molecule has 2 N–H and O–H groups in total. The quantitative estimate of drug-likeness (QED) is 0.233. The average Bonchev–Trinajstić information content (AvgIpc) is 2.84. The van der Waals surface area contributed by atoms with Crippen molar-refractivity contribution in [1.29, 1.82) is 0 Å². The second-order valence-corrected chi connectivity index (χ2v) is 20.3. The smallest absolute Gasteiger partial charge is 0.320 e. The predicted molar refractivity (Wildman–Crippen MR) is 163 cm³/mol. The van der Waals surface area contributed by atoms with Gasteiger partial charge >= 0.3 is 5.97 Å². The van der Waals surface area contributed by atoms with Crippen molar-refractivity contribution < 1.29 is 33.7 Å². The summed E-state index contributed by atoms with van der Waals surface area (Å²) in [6.45, 7) is 29.4. The number of carbonyl (C=O) groups excluding carboxylic acids is 2. The van der Waals surface area contributed by atoms with E-state index in [4.69, 9.17) is 13.9 Å². The van der Waals surface area contributed by atoms with Gasteiger partial charge in [-0.2, -0.15) is 0 Å². The number of hydrogen-bond donors (Lipinski definition) is 2. The van der Waals surface area contributed by atoms with Gasteiger partial charge in [0.15, 0.2) is 25.8 Å². The lowest BCUT2D eigenvalue weighted by molar-refractivity contribution is -0.369.